The summed E-state index contributed by atoms with van der Waals surface area (Å²) >= 11 is 1.55. The number of aromatic nitrogens is 2. The van der Waals surface area contributed by atoms with Crippen LogP contribution in [0.3, 0.4) is 0 Å². The van der Waals surface area contributed by atoms with Gasteiger partial charge in [0, 0.05) is 23.9 Å². The van der Waals surface area contributed by atoms with E-state index in [4.69, 9.17) is 0 Å². The number of carbonyl (C=O) groups excluding carboxylic acids is 1. The number of rotatable bonds is 9. The van der Waals surface area contributed by atoms with E-state index in [0.29, 0.717) is 12.8 Å². The number of hydrogen-bond donors (Lipinski definition) is 1. The average molecular weight is 324 g/mol. The minimum absolute atomic E-state index is 0.122. The summed E-state index contributed by atoms with van der Waals surface area (Å²) in [5.74, 6) is 0.122. The molecule has 1 heterocycles. The van der Waals surface area contributed by atoms with E-state index < -0.39 is 0 Å². The van der Waals surface area contributed by atoms with Crippen LogP contribution in [-0.2, 0) is 11.2 Å². The Kier molecular flexibility index (Phi) is 8.46. The molecule has 1 atom stereocenters. The highest BCUT2D eigenvalue weighted by molar-refractivity contribution is 7.98. The molecule has 0 aromatic carbocycles. The molecule has 0 aliphatic rings. The summed E-state index contributed by atoms with van der Waals surface area (Å²) in [7, 11) is 0. The predicted molar refractivity (Wildman–Crippen MR) is 93.4 cm³/mol. The van der Waals surface area contributed by atoms with Gasteiger partial charge in [0.1, 0.15) is 0 Å². The Labute approximate surface area is 138 Å². The van der Waals surface area contributed by atoms with Crippen molar-refractivity contribution in [2.75, 3.05) is 6.26 Å². The molecule has 22 heavy (non-hydrogen) atoms. The quantitative estimate of drug-likeness (QED) is 0.426. The zero-order chi connectivity index (χ0) is 16.5. The van der Waals surface area contributed by atoms with Gasteiger partial charge in [0.15, 0.2) is 5.16 Å². The van der Waals surface area contributed by atoms with Gasteiger partial charge in [-0.1, -0.05) is 37.9 Å². The monoisotopic (exact) mass is 323 g/mol. The van der Waals surface area contributed by atoms with Crippen molar-refractivity contribution in [1.29, 1.82) is 0 Å². The molecule has 1 rings (SSSR count). The molecule has 0 bridgehead atoms. The number of aryl methyl sites for hydroxylation is 2. The highest BCUT2D eigenvalue weighted by Crippen LogP contribution is 2.17. The van der Waals surface area contributed by atoms with Crippen LogP contribution < -0.4 is 5.32 Å². The number of hydrogen-bond acceptors (Lipinski definition) is 4. The maximum atomic E-state index is 12.0. The SMILES string of the molecule is CCCCCC(C)NC(=O)CCc1c(C)nc(SC)nc1C. The number of thioether (sulfide) groups is 1. The smallest absolute Gasteiger partial charge is 0.220 e. The number of nitrogens with one attached hydrogen (secondary N) is 1. The van der Waals surface area contributed by atoms with Gasteiger partial charge in [-0.3, -0.25) is 4.79 Å². The van der Waals surface area contributed by atoms with Crippen LogP contribution >= 0.6 is 11.8 Å². The second-order valence-electron chi connectivity index (χ2n) is 5.82. The fraction of sp³-hybridized carbons (Fsp3) is 0.706. The zero-order valence-electron chi connectivity index (χ0n) is 14.5. The minimum atomic E-state index is 0.122. The van der Waals surface area contributed by atoms with Crippen LogP contribution in [0.15, 0.2) is 5.16 Å². The Balaban J connectivity index is 2.47. The molecule has 0 fully saturated rings. The molecule has 0 saturated carbocycles. The van der Waals surface area contributed by atoms with Crippen LogP contribution in [0.25, 0.3) is 0 Å². The molecule has 1 amide bonds. The molecule has 1 aromatic rings. The number of unbranched alkanes of at least 4 members (excludes halogenated alkanes) is 2. The predicted octanol–water partition coefficient (Wildman–Crippen LogP) is 3.83. The van der Waals surface area contributed by atoms with Crippen LogP contribution in [0, 0.1) is 13.8 Å². The third-order valence-corrected chi connectivity index (χ3v) is 4.38. The largest absolute Gasteiger partial charge is 0.354 e. The van der Waals surface area contributed by atoms with Gasteiger partial charge in [-0.05, 0) is 45.4 Å². The van der Waals surface area contributed by atoms with E-state index in [-0.39, 0.29) is 11.9 Å². The topological polar surface area (TPSA) is 54.9 Å². The van der Waals surface area contributed by atoms with Crippen molar-refractivity contribution in [1.82, 2.24) is 15.3 Å². The van der Waals surface area contributed by atoms with Gasteiger partial charge in [-0.15, -0.1) is 0 Å². The van der Waals surface area contributed by atoms with Crippen molar-refractivity contribution in [3.8, 4) is 0 Å². The fourth-order valence-corrected chi connectivity index (χ4v) is 2.98. The molecule has 0 saturated heterocycles. The summed E-state index contributed by atoms with van der Waals surface area (Å²) in [5, 5.41) is 3.89. The second kappa shape index (κ2) is 9.82. The van der Waals surface area contributed by atoms with Crippen molar-refractivity contribution in [2.24, 2.45) is 0 Å². The summed E-state index contributed by atoms with van der Waals surface area (Å²) < 4.78 is 0. The van der Waals surface area contributed by atoms with E-state index in [9.17, 15) is 4.79 Å². The minimum Gasteiger partial charge on any atom is -0.354 e. The van der Waals surface area contributed by atoms with E-state index in [1.807, 2.05) is 20.1 Å². The molecule has 0 radical (unpaired) electrons. The standard InChI is InChI=1S/C17H29N3OS/c1-6-7-8-9-12(2)18-16(21)11-10-15-13(3)19-17(22-5)20-14(15)4/h12H,6-11H2,1-5H3,(H,18,21). The van der Waals surface area contributed by atoms with E-state index >= 15 is 0 Å². The molecular formula is C17H29N3OS. The Morgan fingerprint density at radius 3 is 2.41 bits per heavy atom. The zero-order valence-corrected chi connectivity index (χ0v) is 15.3. The molecule has 1 N–H and O–H groups in total. The molecule has 1 aromatic heterocycles. The van der Waals surface area contributed by atoms with Crippen molar-refractivity contribution in [3.63, 3.8) is 0 Å². The van der Waals surface area contributed by atoms with Crippen molar-refractivity contribution in [2.45, 2.75) is 77.4 Å². The summed E-state index contributed by atoms with van der Waals surface area (Å²) in [4.78, 5) is 21.0. The third-order valence-electron chi connectivity index (χ3n) is 3.83. The summed E-state index contributed by atoms with van der Waals surface area (Å²) in [5.41, 5.74) is 3.08. The van der Waals surface area contributed by atoms with E-state index in [1.54, 1.807) is 11.8 Å². The number of nitrogens with zero attached hydrogens (tertiary/aromatic N) is 2. The lowest BCUT2D eigenvalue weighted by atomic mass is 10.1. The maximum absolute atomic E-state index is 12.0. The highest BCUT2D eigenvalue weighted by Gasteiger charge is 2.12. The van der Waals surface area contributed by atoms with Crippen LogP contribution in [0.5, 0.6) is 0 Å². The van der Waals surface area contributed by atoms with Crippen LogP contribution in [-0.4, -0.2) is 28.2 Å². The van der Waals surface area contributed by atoms with Gasteiger partial charge in [0.2, 0.25) is 5.91 Å². The van der Waals surface area contributed by atoms with E-state index in [0.717, 1.165) is 28.5 Å². The lowest BCUT2D eigenvalue weighted by Gasteiger charge is -2.14. The normalized spacial score (nSPS) is 12.2. The van der Waals surface area contributed by atoms with Gasteiger partial charge in [-0.25, -0.2) is 9.97 Å². The first-order valence-electron chi connectivity index (χ1n) is 8.15. The molecular weight excluding hydrogens is 294 g/mol. The molecule has 1 unspecified atom stereocenters. The first kappa shape index (κ1) is 18.9. The number of amides is 1. The van der Waals surface area contributed by atoms with Crippen molar-refractivity contribution >= 4 is 17.7 Å². The molecule has 124 valence electrons. The second-order valence-corrected chi connectivity index (χ2v) is 6.60. The molecule has 0 aliphatic carbocycles. The van der Waals surface area contributed by atoms with Crippen LogP contribution in [0.2, 0.25) is 0 Å². The van der Waals surface area contributed by atoms with Crippen LogP contribution in [0.1, 0.15) is 62.9 Å². The maximum Gasteiger partial charge on any atom is 0.220 e. The van der Waals surface area contributed by atoms with Crippen molar-refractivity contribution in [3.05, 3.63) is 17.0 Å². The van der Waals surface area contributed by atoms with E-state index in [1.165, 1.54) is 19.3 Å². The Bertz CT molecular complexity index is 468. The average Bonchev–Trinajstić information content (AvgIpc) is 2.46. The fourth-order valence-electron chi connectivity index (χ4n) is 2.52. The Morgan fingerprint density at radius 2 is 1.86 bits per heavy atom. The van der Waals surface area contributed by atoms with Crippen molar-refractivity contribution < 1.29 is 4.79 Å². The third kappa shape index (κ3) is 6.34. The first-order valence-corrected chi connectivity index (χ1v) is 9.37. The molecule has 4 nitrogen and oxygen atoms in total. The van der Waals surface area contributed by atoms with Gasteiger partial charge in [-0.2, -0.15) is 0 Å². The Morgan fingerprint density at radius 1 is 1.23 bits per heavy atom. The van der Waals surface area contributed by atoms with Gasteiger partial charge < -0.3 is 5.32 Å². The lowest BCUT2D eigenvalue weighted by molar-refractivity contribution is -0.121. The summed E-state index contributed by atoms with van der Waals surface area (Å²) in [6.07, 6.45) is 7.87. The highest BCUT2D eigenvalue weighted by atomic mass is 32.2. The van der Waals surface area contributed by atoms with Gasteiger partial charge in [0.05, 0.1) is 0 Å². The summed E-state index contributed by atoms with van der Waals surface area (Å²) in [6, 6.07) is 0.261. The number of carbonyl (C=O) groups is 1. The molecule has 5 heteroatoms. The first-order chi connectivity index (χ1) is 10.5. The molecule has 0 aliphatic heterocycles. The van der Waals surface area contributed by atoms with E-state index in [2.05, 4.69) is 29.1 Å². The van der Waals surface area contributed by atoms with Gasteiger partial charge >= 0.3 is 0 Å². The molecule has 0 spiro atoms. The Hall–Kier alpha value is -1.10. The lowest BCUT2D eigenvalue weighted by Crippen LogP contribution is -2.32. The van der Waals surface area contributed by atoms with Gasteiger partial charge in [0.25, 0.3) is 0 Å². The van der Waals surface area contributed by atoms with Crippen LogP contribution in [0.4, 0.5) is 0 Å². The summed E-state index contributed by atoms with van der Waals surface area (Å²) in [6.45, 7) is 8.27.